The molecule has 6 nitrogen and oxygen atoms in total. The second kappa shape index (κ2) is 4.80. The Morgan fingerprint density at radius 1 is 1.27 bits per heavy atom. The van der Waals surface area contributed by atoms with E-state index < -0.39 is 21.9 Å². The fraction of sp³-hybridized carbons (Fsp3) is 0.875. The van der Waals surface area contributed by atoms with Gasteiger partial charge in [0.15, 0.2) is 0 Å². The van der Waals surface area contributed by atoms with Gasteiger partial charge < -0.3 is 4.74 Å². The second-order valence-corrected chi connectivity index (χ2v) is 5.83. The molecule has 0 rings (SSSR count). The minimum Gasteiger partial charge on any atom is -0.443 e. The van der Waals surface area contributed by atoms with E-state index in [1.165, 1.54) is 0 Å². The van der Waals surface area contributed by atoms with Crippen LogP contribution in [0.4, 0.5) is 4.79 Å². The average Bonchev–Trinajstić information content (AvgIpc) is 1.73. The molecule has 0 radical (unpaired) electrons. The molecule has 2 N–H and O–H groups in total. The maximum absolute atomic E-state index is 11.2. The van der Waals surface area contributed by atoms with Gasteiger partial charge in [-0.1, -0.05) is 0 Å². The van der Waals surface area contributed by atoms with Gasteiger partial charge in [-0.15, -0.1) is 0 Å². The normalized spacial score (nSPS) is 12.7. The molecule has 0 aliphatic rings. The third-order valence-corrected chi connectivity index (χ3v) is 2.22. The summed E-state index contributed by atoms with van der Waals surface area (Å²) in [5.41, 5.74) is -0.725. The number of hydrogen-bond donors (Lipinski definition) is 2. The van der Waals surface area contributed by atoms with Crippen LogP contribution in [0.2, 0.25) is 0 Å². The molecule has 0 saturated carbocycles. The van der Waals surface area contributed by atoms with Gasteiger partial charge in [0, 0.05) is 6.04 Å². The standard InChI is InChI=1S/C8H18N2O4S/c1-6(2)9-15(12,13)10-7(11)14-8(3,4)5/h6,9H,1-5H3,(H,10,11). The topological polar surface area (TPSA) is 84.5 Å². The molecule has 0 atom stereocenters. The van der Waals surface area contributed by atoms with E-state index in [4.69, 9.17) is 4.74 Å². The molecule has 0 aromatic rings. The fourth-order valence-corrected chi connectivity index (χ4v) is 1.69. The lowest BCUT2D eigenvalue weighted by molar-refractivity contribution is 0.0569. The average molecular weight is 238 g/mol. The molecular weight excluding hydrogens is 220 g/mol. The molecule has 0 spiro atoms. The van der Waals surface area contributed by atoms with E-state index >= 15 is 0 Å². The van der Waals surface area contributed by atoms with E-state index in [1.54, 1.807) is 39.3 Å². The number of hydrogen-bond acceptors (Lipinski definition) is 4. The zero-order chi connectivity index (χ0) is 12.3. The van der Waals surface area contributed by atoms with Gasteiger partial charge in [-0.05, 0) is 34.6 Å². The summed E-state index contributed by atoms with van der Waals surface area (Å²) in [6.07, 6.45) is -0.990. The molecule has 0 bridgehead atoms. The van der Waals surface area contributed by atoms with Crippen molar-refractivity contribution >= 4 is 16.3 Å². The number of ether oxygens (including phenoxy) is 1. The van der Waals surface area contributed by atoms with Crippen molar-refractivity contribution in [2.24, 2.45) is 0 Å². The van der Waals surface area contributed by atoms with Crippen LogP contribution in [-0.4, -0.2) is 26.2 Å². The van der Waals surface area contributed by atoms with Gasteiger partial charge in [-0.25, -0.2) is 9.52 Å². The van der Waals surface area contributed by atoms with Crippen molar-refractivity contribution in [2.45, 2.75) is 46.3 Å². The summed E-state index contributed by atoms with van der Waals surface area (Å²) in [7, 11) is -3.83. The Morgan fingerprint density at radius 3 is 2.07 bits per heavy atom. The summed E-state index contributed by atoms with van der Waals surface area (Å²) >= 11 is 0. The maximum Gasteiger partial charge on any atom is 0.422 e. The van der Waals surface area contributed by atoms with Crippen LogP contribution in [0.25, 0.3) is 0 Å². The lowest BCUT2D eigenvalue weighted by Gasteiger charge is -2.20. The summed E-state index contributed by atoms with van der Waals surface area (Å²) in [5.74, 6) is 0. The highest BCUT2D eigenvalue weighted by atomic mass is 32.2. The van der Waals surface area contributed by atoms with Crippen LogP contribution in [0.5, 0.6) is 0 Å². The van der Waals surface area contributed by atoms with Crippen molar-refractivity contribution in [3.05, 3.63) is 0 Å². The van der Waals surface area contributed by atoms with E-state index in [9.17, 15) is 13.2 Å². The number of carbonyl (C=O) groups is 1. The van der Waals surface area contributed by atoms with E-state index in [0.29, 0.717) is 0 Å². The van der Waals surface area contributed by atoms with Crippen molar-refractivity contribution in [1.29, 1.82) is 0 Å². The van der Waals surface area contributed by atoms with Gasteiger partial charge >= 0.3 is 16.3 Å². The predicted octanol–water partition coefficient (Wildman–Crippen LogP) is 0.754. The summed E-state index contributed by atoms with van der Waals surface area (Å²) in [6, 6.07) is -0.287. The molecule has 7 heteroatoms. The minimum atomic E-state index is -3.83. The molecule has 0 aliphatic carbocycles. The van der Waals surface area contributed by atoms with E-state index in [2.05, 4.69) is 4.72 Å². The van der Waals surface area contributed by atoms with Crippen LogP contribution in [0.15, 0.2) is 0 Å². The summed E-state index contributed by atoms with van der Waals surface area (Å²) < 4.78 is 31.2. The quantitative estimate of drug-likeness (QED) is 0.760. The molecule has 15 heavy (non-hydrogen) atoms. The Balaban J connectivity index is 4.30. The first-order valence-corrected chi connectivity index (χ1v) is 6.03. The van der Waals surface area contributed by atoms with Crippen LogP contribution in [0.1, 0.15) is 34.6 Å². The second-order valence-electron chi connectivity index (χ2n) is 4.38. The Labute approximate surface area is 90.6 Å². The SMILES string of the molecule is CC(C)NS(=O)(=O)NC(=O)OC(C)(C)C. The number of carbonyl (C=O) groups excluding carboxylic acids is 1. The molecule has 1 amide bonds. The maximum atomic E-state index is 11.2. The van der Waals surface area contributed by atoms with Gasteiger partial charge in [0.2, 0.25) is 0 Å². The fourth-order valence-electron chi connectivity index (χ4n) is 0.748. The van der Waals surface area contributed by atoms with Gasteiger partial charge in [0.25, 0.3) is 0 Å². The highest BCUT2D eigenvalue weighted by molar-refractivity contribution is 7.88. The van der Waals surface area contributed by atoms with Crippen LogP contribution in [-0.2, 0) is 14.9 Å². The number of nitrogens with one attached hydrogen (secondary N) is 2. The minimum absolute atomic E-state index is 0.287. The lowest BCUT2D eigenvalue weighted by atomic mass is 10.2. The highest BCUT2D eigenvalue weighted by Crippen LogP contribution is 2.06. The Morgan fingerprint density at radius 2 is 1.73 bits per heavy atom. The molecule has 0 fully saturated rings. The highest BCUT2D eigenvalue weighted by Gasteiger charge is 2.21. The smallest absolute Gasteiger partial charge is 0.422 e. The summed E-state index contributed by atoms with van der Waals surface area (Å²) in [4.78, 5) is 11.1. The van der Waals surface area contributed by atoms with Gasteiger partial charge in [-0.3, -0.25) is 0 Å². The Kier molecular flexibility index (Phi) is 4.54. The Hall–Kier alpha value is -0.820. The van der Waals surface area contributed by atoms with E-state index in [0.717, 1.165) is 0 Å². The van der Waals surface area contributed by atoms with Gasteiger partial charge in [0.1, 0.15) is 5.60 Å². The zero-order valence-electron chi connectivity index (χ0n) is 9.62. The zero-order valence-corrected chi connectivity index (χ0v) is 10.4. The van der Waals surface area contributed by atoms with Crippen molar-refractivity contribution in [1.82, 2.24) is 9.44 Å². The largest absolute Gasteiger partial charge is 0.443 e. The van der Waals surface area contributed by atoms with Crippen LogP contribution in [0, 0.1) is 0 Å². The third-order valence-electron chi connectivity index (χ3n) is 1.01. The first-order chi connectivity index (χ1) is 6.52. The first-order valence-electron chi connectivity index (χ1n) is 4.55. The molecule has 0 saturated heterocycles. The number of rotatable bonds is 3. The first kappa shape index (κ1) is 14.2. The van der Waals surface area contributed by atoms with Crippen molar-refractivity contribution < 1.29 is 17.9 Å². The molecule has 0 aromatic carbocycles. The van der Waals surface area contributed by atoms with Crippen LogP contribution < -0.4 is 9.44 Å². The predicted molar refractivity (Wildman–Crippen MR) is 56.6 cm³/mol. The molecule has 0 aromatic heterocycles. The van der Waals surface area contributed by atoms with Gasteiger partial charge in [0.05, 0.1) is 0 Å². The van der Waals surface area contributed by atoms with E-state index in [-0.39, 0.29) is 6.04 Å². The van der Waals surface area contributed by atoms with E-state index in [1.807, 2.05) is 0 Å². The molecular formula is C8H18N2O4S. The van der Waals surface area contributed by atoms with Crippen molar-refractivity contribution in [3.8, 4) is 0 Å². The van der Waals surface area contributed by atoms with Gasteiger partial charge in [-0.2, -0.15) is 13.1 Å². The van der Waals surface area contributed by atoms with Crippen molar-refractivity contribution in [2.75, 3.05) is 0 Å². The molecule has 0 aliphatic heterocycles. The molecule has 0 heterocycles. The van der Waals surface area contributed by atoms with Crippen molar-refractivity contribution in [3.63, 3.8) is 0 Å². The molecule has 0 unspecified atom stereocenters. The van der Waals surface area contributed by atoms with Crippen LogP contribution in [0.3, 0.4) is 0 Å². The van der Waals surface area contributed by atoms with Crippen LogP contribution >= 0.6 is 0 Å². The third kappa shape index (κ3) is 8.19. The monoisotopic (exact) mass is 238 g/mol. The summed E-state index contributed by atoms with van der Waals surface area (Å²) in [5, 5.41) is 0. The number of amides is 1. The Bertz CT molecular complexity index is 316. The summed E-state index contributed by atoms with van der Waals surface area (Å²) in [6.45, 7) is 8.24. The lowest BCUT2D eigenvalue weighted by Crippen LogP contribution is -2.45. The molecule has 90 valence electrons.